The van der Waals surface area contributed by atoms with Gasteiger partial charge in [-0.3, -0.25) is 4.21 Å². The van der Waals surface area contributed by atoms with Gasteiger partial charge in [-0.25, -0.2) is 0 Å². The highest BCUT2D eigenvalue weighted by molar-refractivity contribution is 7.85. The van der Waals surface area contributed by atoms with Crippen LogP contribution in [0.15, 0.2) is 23.1 Å². The fraction of sp³-hybridized carbons (Fsp3) is 0.538. The molecule has 5 heteroatoms. The summed E-state index contributed by atoms with van der Waals surface area (Å²) in [4.78, 5) is 0.784. The molecule has 0 aromatic heterocycles. The molecule has 2 rings (SSSR count). The summed E-state index contributed by atoms with van der Waals surface area (Å²) in [5, 5.41) is 4.63. The van der Waals surface area contributed by atoms with Gasteiger partial charge in [-0.15, -0.1) is 0 Å². The molecule has 3 unspecified atom stereocenters. The summed E-state index contributed by atoms with van der Waals surface area (Å²) in [5.74, 6) is 0. The Morgan fingerprint density at radius 3 is 2.78 bits per heavy atom. The van der Waals surface area contributed by atoms with Crippen LogP contribution in [-0.2, 0) is 10.8 Å². The number of nitrogens with one attached hydrogen (secondary N) is 1. The van der Waals surface area contributed by atoms with E-state index < -0.39 is 10.8 Å². The van der Waals surface area contributed by atoms with Crippen molar-refractivity contribution in [1.82, 2.24) is 5.32 Å². The summed E-state index contributed by atoms with van der Waals surface area (Å²) in [6.45, 7) is 3.07. The highest BCUT2D eigenvalue weighted by atomic mass is 35.5. The van der Waals surface area contributed by atoms with Crippen LogP contribution in [0.2, 0.25) is 10.0 Å². The molecule has 0 saturated heterocycles. The third-order valence-corrected chi connectivity index (χ3v) is 5.79. The lowest BCUT2D eigenvalue weighted by Crippen LogP contribution is -2.27. The molecular weight excluding hydrogens is 289 g/mol. The lowest BCUT2D eigenvalue weighted by Gasteiger charge is -2.12. The highest BCUT2D eigenvalue weighted by Gasteiger charge is 2.29. The second-order valence-electron chi connectivity index (χ2n) is 4.56. The van der Waals surface area contributed by atoms with E-state index in [-0.39, 0.29) is 5.25 Å². The van der Waals surface area contributed by atoms with Crippen LogP contribution >= 0.6 is 23.2 Å². The number of hydrogen-bond donors (Lipinski definition) is 1. The molecule has 0 radical (unpaired) electrons. The van der Waals surface area contributed by atoms with Gasteiger partial charge in [-0.05, 0) is 44.0 Å². The molecule has 1 fully saturated rings. The molecular formula is C13H17Cl2NOS. The van der Waals surface area contributed by atoms with E-state index in [9.17, 15) is 4.21 Å². The predicted molar refractivity (Wildman–Crippen MR) is 78.0 cm³/mol. The van der Waals surface area contributed by atoms with Gasteiger partial charge < -0.3 is 5.32 Å². The number of hydrogen-bond acceptors (Lipinski definition) is 2. The summed E-state index contributed by atoms with van der Waals surface area (Å²) in [7, 11) is -0.985. The van der Waals surface area contributed by atoms with Gasteiger partial charge >= 0.3 is 0 Å². The summed E-state index contributed by atoms with van der Waals surface area (Å²) >= 11 is 11.8. The van der Waals surface area contributed by atoms with Crippen molar-refractivity contribution in [1.29, 1.82) is 0 Å². The average Bonchev–Trinajstić information content (AvgIpc) is 2.81. The third-order valence-electron chi connectivity index (χ3n) is 3.30. The minimum atomic E-state index is -0.985. The maximum absolute atomic E-state index is 12.4. The molecule has 0 bridgehead atoms. The second-order valence-corrected chi connectivity index (χ2v) is 7.11. The Balaban J connectivity index is 2.05. The maximum atomic E-state index is 12.4. The summed E-state index contributed by atoms with van der Waals surface area (Å²) < 4.78 is 12.4. The van der Waals surface area contributed by atoms with Crippen LogP contribution in [0, 0.1) is 0 Å². The van der Waals surface area contributed by atoms with Gasteiger partial charge in [0.2, 0.25) is 0 Å². The van der Waals surface area contributed by atoms with Crippen LogP contribution in [0.4, 0.5) is 0 Å². The average molecular weight is 306 g/mol. The van der Waals surface area contributed by atoms with Crippen molar-refractivity contribution in [2.45, 2.75) is 42.4 Å². The first-order chi connectivity index (χ1) is 8.61. The topological polar surface area (TPSA) is 29.1 Å². The zero-order valence-corrected chi connectivity index (χ0v) is 12.6. The zero-order valence-electron chi connectivity index (χ0n) is 10.3. The standard InChI is InChI=1S/C13H17Cl2NOS/c1-2-16-9-3-4-10(7-9)18(17)11-5-6-12(14)13(15)8-11/h5-6,8-10,16H,2-4,7H2,1H3. The predicted octanol–water partition coefficient (Wildman–Crippen LogP) is 3.63. The SMILES string of the molecule is CCNC1CCC(S(=O)c2ccc(Cl)c(Cl)c2)C1. The Kier molecular flexibility index (Phi) is 5.07. The summed E-state index contributed by atoms with van der Waals surface area (Å²) in [5.41, 5.74) is 0. The normalized spacial score (nSPS) is 25.3. The minimum absolute atomic E-state index is 0.228. The first-order valence-electron chi connectivity index (χ1n) is 6.20. The molecule has 1 aliphatic carbocycles. The van der Waals surface area contributed by atoms with Gasteiger partial charge in [0.15, 0.2) is 0 Å². The lowest BCUT2D eigenvalue weighted by atomic mass is 10.2. The first kappa shape index (κ1) is 14.3. The molecule has 0 heterocycles. The first-order valence-corrected chi connectivity index (χ1v) is 8.17. The molecule has 18 heavy (non-hydrogen) atoms. The van der Waals surface area contributed by atoms with Crippen molar-refractivity contribution in [2.75, 3.05) is 6.54 Å². The van der Waals surface area contributed by atoms with E-state index in [1.54, 1.807) is 12.1 Å². The molecule has 3 atom stereocenters. The van der Waals surface area contributed by atoms with E-state index >= 15 is 0 Å². The fourth-order valence-corrected chi connectivity index (χ4v) is 4.34. The molecule has 1 saturated carbocycles. The van der Waals surface area contributed by atoms with Crippen LogP contribution in [0.25, 0.3) is 0 Å². The van der Waals surface area contributed by atoms with E-state index in [0.717, 1.165) is 30.7 Å². The number of rotatable bonds is 4. The van der Waals surface area contributed by atoms with Crippen molar-refractivity contribution in [2.24, 2.45) is 0 Å². The van der Waals surface area contributed by atoms with E-state index in [1.807, 2.05) is 6.07 Å². The Morgan fingerprint density at radius 2 is 2.11 bits per heavy atom. The Hall–Kier alpha value is -0.0900. The van der Waals surface area contributed by atoms with Crippen LogP contribution in [0.3, 0.4) is 0 Å². The largest absolute Gasteiger partial charge is 0.314 e. The van der Waals surface area contributed by atoms with Crippen molar-refractivity contribution in [3.63, 3.8) is 0 Å². The van der Waals surface area contributed by atoms with Gasteiger partial charge in [0.25, 0.3) is 0 Å². The minimum Gasteiger partial charge on any atom is -0.314 e. The van der Waals surface area contributed by atoms with Crippen molar-refractivity contribution in [3.8, 4) is 0 Å². The zero-order chi connectivity index (χ0) is 13.1. The van der Waals surface area contributed by atoms with Gasteiger partial charge in [0.05, 0.1) is 20.8 Å². The molecule has 1 aromatic carbocycles. The summed E-state index contributed by atoms with van der Waals surface area (Å²) in [6, 6.07) is 5.76. The van der Waals surface area contributed by atoms with E-state index in [1.165, 1.54) is 0 Å². The quantitative estimate of drug-likeness (QED) is 0.920. The highest BCUT2D eigenvalue weighted by Crippen LogP contribution is 2.30. The molecule has 100 valence electrons. The second kappa shape index (κ2) is 6.38. The van der Waals surface area contributed by atoms with Gasteiger partial charge in [0, 0.05) is 16.2 Å². The number of halogens is 2. The molecule has 1 aliphatic rings. The van der Waals surface area contributed by atoms with Gasteiger partial charge in [-0.1, -0.05) is 30.1 Å². The van der Waals surface area contributed by atoms with Crippen molar-refractivity contribution in [3.05, 3.63) is 28.2 Å². The van der Waals surface area contributed by atoms with Crippen LogP contribution < -0.4 is 5.32 Å². The summed E-state index contributed by atoms with van der Waals surface area (Å²) in [6.07, 6.45) is 3.08. The van der Waals surface area contributed by atoms with E-state index in [2.05, 4.69) is 12.2 Å². The Morgan fingerprint density at radius 1 is 1.33 bits per heavy atom. The maximum Gasteiger partial charge on any atom is 0.0604 e. The fourth-order valence-electron chi connectivity index (χ4n) is 2.40. The van der Waals surface area contributed by atoms with Crippen LogP contribution in [0.5, 0.6) is 0 Å². The Bertz CT molecular complexity index is 453. The third kappa shape index (κ3) is 3.27. The van der Waals surface area contributed by atoms with Crippen molar-refractivity contribution >= 4 is 34.0 Å². The molecule has 0 aliphatic heterocycles. The molecule has 0 spiro atoms. The smallest absolute Gasteiger partial charge is 0.0604 e. The monoisotopic (exact) mass is 305 g/mol. The Labute approximate surface area is 121 Å². The molecule has 1 N–H and O–H groups in total. The van der Waals surface area contributed by atoms with E-state index in [0.29, 0.717) is 16.1 Å². The lowest BCUT2D eigenvalue weighted by molar-refractivity contribution is 0.542. The molecule has 2 nitrogen and oxygen atoms in total. The van der Waals surface area contributed by atoms with Crippen molar-refractivity contribution < 1.29 is 4.21 Å². The van der Waals surface area contributed by atoms with E-state index in [4.69, 9.17) is 23.2 Å². The van der Waals surface area contributed by atoms with Gasteiger partial charge in [0.1, 0.15) is 0 Å². The molecule has 1 aromatic rings. The van der Waals surface area contributed by atoms with Gasteiger partial charge in [-0.2, -0.15) is 0 Å². The van der Waals surface area contributed by atoms with Crippen LogP contribution in [-0.4, -0.2) is 22.0 Å². The molecule has 0 amide bonds. The van der Waals surface area contributed by atoms with Crippen LogP contribution in [0.1, 0.15) is 26.2 Å². The number of benzene rings is 1.